The Hall–Kier alpha value is -2.22. The fraction of sp³-hybridized carbons (Fsp3) is 0. The van der Waals surface area contributed by atoms with E-state index in [2.05, 4.69) is 25.6 Å². The molecule has 0 unspecified atom stereocenters. The molecule has 0 radical (unpaired) electrons. The van der Waals surface area contributed by atoms with E-state index in [0.717, 1.165) is 0 Å². The van der Waals surface area contributed by atoms with Crippen LogP contribution in [0.15, 0.2) is 36.4 Å². The molecule has 0 aliphatic heterocycles. The molecule has 0 aliphatic rings. The maximum atomic E-state index is 13.2. The highest BCUT2D eigenvalue weighted by Gasteiger charge is 2.09. The number of aromatic nitrogens is 3. The summed E-state index contributed by atoms with van der Waals surface area (Å²) in [6.45, 7) is 0. The summed E-state index contributed by atoms with van der Waals surface area (Å²) in [7, 11) is 0. The largest absolute Gasteiger partial charge is 0.324 e. The number of nitrogens with zero attached hydrogens (tertiary/aromatic N) is 3. The molecule has 0 fully saturated rings. The third kappa shape index (κ3) is 4.45. The van der Waals surface area contributed by atoms with Crippen molar-refractivity contribution in [2.45, 2.75) is 0 Å². The Morgan fingerprint density at radius 1 is 0.680 bits per heavy atom. The van der Waals surface area contributed by atoms with E-state index in [1.54, 1.807) is 0 Å². The van der Waals surface area contributed by atoms with Crippen molar-refractivity contribution in [2.75, 3.05) is 10.6 Å². The molecular formula is C15H8Cl3F2N5. The fourth-order valence-corrected chi connectivity index (χ4v) is 2.39. The predicted octanol–water partition coefficient (Wildman–Crippen LogP) is 5.60. The summed E-state index contributed by atoms with van der Waals surface area (Å²) in [5.74, 6) is -0.871. The van der Waals surface area contributed by atoms with Crippen molar-refractivity contribution in [2.24, 2.45) is 0 Å². The molecule has 0 aliphatic carbocycles. The number of rotatable bonds is 4. The minimum absolute atomic E-state index is 0.0514. The van der Waals surface area contributed by atoms with Crippen LogP contribution in [0.5, 0.6) is 0 Å². The SMILES string of the molecule is Fc1ccc(Nc2nc(Cl)nc(Nc3ccc(F)c(Cl)c3)n2)cc1Cl. The Morgan fingerprint density at radius 2 is 1.12 bits per heavy atom. The predicted molar refractivity (Wildman–Crippen MR) is 94.2 cm³/mol. The minimum Gasteiger partial charge on any atom is -0.324 e. The van der Waals surface area contributed by atoms with Gasteiger partial charge in [-0.2, -0.15) is 15.0 Å². The highest BCUT2D eigenvalue weighted by atomic mass is 35.5. The summed E-state index contributed by atoms with van der Waals surface area (Å²) in [4.78, 5) is 12.0. The maximum absolute atomic E-state index is 13.2. The molecule has 128 valence electrons. The second kappa shape index (κ2) is 7.35. The number of hydrogen-bond donors (Lipinski definition) is 2. The first-order valence-electron chi connectivity index (χ1n) is 6.76. The molecule has 2 N–H and O–H groups in total. The second-order valence-corrected chi connectivity index (χ2v) is 5.91. The molecule has 0 atom stereocenters. The second-order valence-electron chi connectivity index (χ2n) is 4.76. The van der Waals surface area contributed by atoms with Crippen LogP contribution < -0.4 is 10.6 Å². The van der Waals surface area contributed by atoms with Gasteiger partial charge < -0.3 is 10.6 Å². The zero-order chi connectivity index (χ0) is 18.0. The van der Waals surface area contributed by atoms with Crippen LogP contribution in [0.1, 0.15) is 0 Å². The molecule has 25 heavy (non-hydrogen) atoms. The topological polar surface area (TPSA) is 62.7 Å². The standard InChI is InChI=1S/C15H8Cl3F2N5/c16-9-5-7(1-3-11(9)19)21-14-23-13(18)24-15(25-14)22-8-2-4-12(20)10(17)6-8/h1-6H,(H2,21,22,23,24,25). The maximum Gasteiger partial charge on any atom is 0.233 e. The van der Waals surface area contributed by atoms with Gasteiger partial charge in [0.05, 0.1) is 10.0 Å². The normalized spacial score (nSPS) is 10.6. The average Bonchev–Trinajstić information content (AvgIpc) is 2.54. The Bertz CT molecular complexity index is 867. The van der Waals surface area contributed by atoms with Crippen molar-refractivity contribution < 1.29 is 8.78 Å². The van der Waals surface area contributed by atoms with E-state index >= 15 is 0 Å². The third-order valence-electron chi connectivity index (χ3n) is 2.96. The zero-order valence-electron chi connectivity index (χ0n) is 12.2. The number of benzene rings is 2. The first-order chi connectivity index (χ1) is 11.9. The van der Waals surface area contributed by atoms with Crippen LogP contribution in [0.25, 0.3) is 0 Å². The number of halogens is 5. The Balaban J connectivity index is 1.84. The van der Waals surface area contributed by atoms with Crippen LogP contribution in [0, 0.1) is 11.6 Å². The van der Waals surface area contributed by atoms with E-state index in [-0.39, 0.29) is 27.2 Å². The van der Waals surface area contributed by atoms with Crippen LogP contribution in [0.2, 0.25) is 15.3 Å². The first kappa shape index (κ1) is 17.6. The Kier molecular flexibility index (Phi) is 5.17. The van der Waals surface area contributed by atoms with Crippen LogP contribution in [0.4, 0.5) is 32.1 Å². The number of hydrogen-bond acceptors (Lipinski definition) is 5. The smallest absolute Gasteiger partial charge is 0.233 e. The van der Waals surface area contributed by atoms with Gasteiger partial charge in [-0.15, -0.1) is 0 Å². The lowest BCUT2D eigenvalue weighted by Crippen LogP contribution is -2.04. The van der Waals surface area contributed by atoms with Crippen LogP contribution >= 0.6 is 34.8 Å². The summed E-state index contributed by atoms with van der Waals surface area (Å²) < 4.78 is 26.4. The summed E-state index contributed by atoms with van der Waals surface area (Å²) in [5, 5.41) is 5.49. The highest BCUT2D eigenvalue weighted by Crippen LogP contribution is 2.24. The number of anilines is 4. The van der Waals surface area contributed by atoms with Gasteiger partial charge in [-0.1, -0.05) is 23.2 Å². The van der Waals surface area contributed by atoms with Crippen molar-refractivity contribution in [3.8, 4) is 0 Å². The Morgan fingerprint density at radius 3 is 1.52 bits per heavy atom. The van der Waals surface area contributed by atoms with Crippen LogP contribution in [-0.4, -0.2) is 15.0 Å². The molecule has 2 aromatic carbocycles. The van der Waals surface area contributed by atoms with E-state index in [1.807, 2.05) is 0 Å². The van der Waals surface area contributed by atoms with E-state index in [0.29, 0.717) is 11.4 Å². The monoisotopic (exact) mass is 401 g/mol. The van der Waals surface area contributed by atoms with Gasteiger partial charge in [-0.3, -0.25) is 0 Å². The molecule has 3 aromatic rings. The third-order valence-corrected chi connectivity index (χ3v) is 3.71. The molecule has 0 amide bonds. The number of nitrogens with one attached hydrogen (secondary N) is 2. The molecule has 5 nitrogen and oxygen atoms in total. The molecule has 0 saturated carbocycles. The van der Waals surface area contributed by atoms with Gasteiger partial charge in [0.15, 0.2) is 0 Å². The van der Waals surface area contributed by atoms with Gasteiger partial charge in [0.25, 0.3) is 0 Å². The van der Waals surface area contributed by atoms with E-state index in [4.69, 9.17) is 34.8 Å². The van der Waals surface area contributed by atoms with Gasteiger partial charge in [0.2, 0.25) is 17.2 Å². The first-order valence-corrected chi connectivity index (χ1v) is 7.90. The molecule has 0 saturated heterocycles. The summed E-state index contributed by atoms with van der Waals surface area (Å²) in [6.07, 6.45) is 0. The van der Waals surface area contributed by atoms with E-state index < -0.39 is 11.6 Å². The van der Waals surface area contributed by atoms with Gasteiger partial charge in [0.1, 0.15) is 11.6 Å². The van der Waals surface area contributed by atoms with Crippen molar-refractivity contribution in [3.63, 3.8) is 0 Å². The molecule has 1 heterocycles. The molecular weight excluding hydrogens is 395 g/mol. The van der Waals surface area contributed by atoms with Crippen molar-refractivity contribution in [3.05, 3.63) is 63.4 Å². The van der Waals surface area contributed by atoms with Gasteiger partial charge >= 0.3 is 0 Å². The Labute approximate surface area is 156 Å². The molecule has 10 heteroatoms. The summed E-state index contributed by atoms with van der Waals surface area (Å²) in [6, 6.07) is 8.08. The summed E-state index contributed by atoms with van der Waals surface area (Å²) >= 11 is 17.3. The lowest BCUT2D eigenvalue weighted by Gasteiger charge is -2.09. The van der Waals surface area contributed by atoms with E-state index in [1.165, 1.54) is 36.4 Å². The van der Waals surface area contributed by atoms with Gasteiger partial charge in [-0.25, -0.2) is 8.78 Å². The summed E-state index contributed by atoms with van der Waals surface area (Å²) in [5.41, 5.74) is 0.925. The van der Waals surface area contributed by atoms with Gasteiger partial charge in [0, 0.05) is 11.4 Å². The fourth-order valence-electron chi connectivity index (χ4n) is 1.87. The van der Waals surface area contributed by atoms with Gasteiger partial charge in [-0.05, 0) is 48.0 Å². The lowest BCUT2D eigenvalue weighted by molar-refractivity contribution is 0.628. The zero-order valence-corrected chi connectivity index (χ0v) is 14.5. The molecule has 0 bridgehead atoms. The average molecular weight is 403 g/mol. The van der Waals surface area contributed by atoms with E-state index in [9.17, 15) is 8.78 Å². The molecule has 3 rings (SSSR count). The van der Waals surface area contributed by atoms with Crippen molar-refractivity contribution in [1.29, 1.82) is 0 Å². The molecule has 0 spiro atoms. The van der Waals surface area contributed by atoms with Crippen LogP contribution in [-0.2, 0) is 0 Å². The van der Waals surface area contributed by atoms with Crippen molar-refractivity contribution in [1.82, 2.24) is 15.0 Å². The minimum atomic E-state index is -0.545. The lowest BCUT2D eigenvalue weighted by atomic mass is 10.3. The molecule has 1 aromatic heterocycles. The highest BCUT2D eigenvalue weighted by molar-refractivity contribution is 6.31. The van der Waals surface area contributed by atoms with Crippen molar-refractivity contribution >= 4 is 58.1 Å². The van der Waals surface area contributed by atoms with Crippen LogP contribution in [0.3, 0.4) is 0 Å². The quantitative estimate of drug-likeness (QED) is 0.595.